The third-order valence-corrected chi connectivity index (χ3v) is 3.95. The van der Waals surface area contributed by atoms with Crippen molar-refractivity contribution in [2.45, 2.75) is 13.0 Å². The highest BCUT2D eigenvalue weighted by molar-refractivity contribution is 5.94. The molecule has 3 rings (SSSR count). The number of halogens is 2. The number of hydrogen-bond donors (Lipinski definition) is 2. The zero-order chi connectivity index (χ0) is 19.2. The first kappa shape index (κ1) is 18.3. The monoisotopic (exact) mass is 369 g/mol. The van der Waals surface area contributed by atoms with Crippen molar-refractivity contribution in [2.75, 3.05) is 5.43 Å². The third-order valence-electron chi connectivity index (χ3n) is 3.95. The second kappa shape index (κ2) is 8.27. The van der Waals surface area contributed by atoms with E-state index in [1.807, 2.05) is 0 Å². The Morgan fingerprint density at radius 1 is 0.963 bits per heavy atom. The van der Waals surface area contributed by atoms with Crippen LogP contribution in [-0.4, -0.2) is 10.5 Å². The van der Waals surface area contributed by atoms with Gasteiger partial charge in [-0.25, -0.2) is 8.78 Å². The van der Waals surface area contributed by atoms with Gasteiger partial charge in [-0.1, -0.05) is 18.2 Å². The fourth-order valence-electron chi connectivity index (χ4n) is 2.51. The van der Waals surface area contributed by atoms with Crippen LogP contribution in [0.25, 0.3) is 0 Å². The van der Waals surface area contributed by atoms with Gasteiger partial charge in [-0.05, 0) is 48.4 Å². The largest absolute Gasteiger partial charge is 0.314 e. The molecule has 1 aromatic heterocycles. The van der Waals surface area contributed by atoms with Crippen molar-refractivity contribution in [1.29, 1.82) is 0 Å². The number of nitrogens with zero attached hydrogens (tertiary/aromatic N) is 1. The van der Waals surface area contributed by atoms with Crippen molar-refractivity contribution >= 4 is 11.6 Å². The smallest absolute Gasteiger partial charge is 0.271 e. The zero-order valence-electron chi connectivity index (χ0n) is 14.3. The first-order valence-electron chi connectivity index (χ1n) is 8.28. The van der Waals surface area contributed by atoms with Crippen LogP contribution in [0.15, 0.2) is 71.7 Å². The van der Waals surface area contributed by atoms with Gasteiger partial charge in [-0.2, -0.15) is 0 Å². The van der Waals surface area contributed by atoms with Crippen LogP contribution in [0.3, 0.4) is 0 Å². The predicted molar refractivity (Wildman–Crippen MR) is 98.3 cm³/mol. The highest BCUT2D eigenvalue weighted by Crippen LogP contribution is 2.08. The summed E-state index contributed by atoms with van der Waals surface area (Å²) in [5.74, 6) is -1.21. The van der Waals surface area contributed by atoms with Gasteiger partial charge in [-0.3, -0.25) is 20.4 Å². The van der Waals surface area contributed by atoms with Crippen molar-refractivity contribution < 1.29 is 13.6 Å². The highest BCUT2D eigenvalue weighted by atomic mass is 19.1. The van der Waals surface area contributed by atoms with Crippen LogP contribution in [0, 0.1) is 11.6 Å². The second-order valence-electron chi connectivity index (χ2n) is 5.92. The van der Waals surface area contributed by atoms with Crippen LogP contribution >= 0.6 is 0 Å². The van der Waals surface area contributed by atoms with Crippen molar-refractivity contribution in [3.63, 3.8) is 0 Å². The number of carbonyl (C=O) groups is 1. The van der Waals surface area contributed by atoms with Gasteiger partial charge in [0.2, 0.25) is 0 Å². The molecule has 3 aromatic rings. The number of anilines is 1. The quantitative estimate of drug-likeness (QED) is 0.656. The van der Waals surface area contributed by atoms with Crippen LogP contribution in [-0.2, 0) is 13.0 Å². The summed E-state index contributed by atoms with van der Waals surface area (Å²) in [4.78, 5) is 24.3. The molecule has 1 heterocycles. The van der Waals surface area contributed by atoms with Gasteiger partial charge in [0, 0.05) is 18.8 Å². The maximum Gasteiger partial charge on any atom is 0.271 e. The fourth-order valence-corrected chi connectivity index (χ4v) is 2.51. The Bertz CT molecular complexity index is 1000. The molecule has 1 amide bonds. The van der Waals surface area contributed by atoms with Crippen molar-refractivity contribution in [3.8, 4) is 0 Å². The number of benzene rings is 2. The minimum Gasteiger partial charge on any atom is -0.314 e. The Kier molecular flexibility index (Phi) is 5.61. The lowest BCUT2D eigenvalue weighted by Crippen LogP contribution is -2.31. The maximum atomic E-state index is 13.1. The number of carbonyl (C=O) groups excluding carboxylic acids is 1. The topological polar surface area (TPSA) is 63.1 Å². The Balaban J connectivity index is 1.65. The van der Waals surface area contributed by atoms with E-state index in [9.17, 15) is 18.4 Å². The minimum absolute atomic E-state index is 0.244. The van der Waals surface area contributed by atoms with Gasteiger partial charge < -0.3 is 4.57 Å². The lowest BCUT2D eigenvalue weighted by atomic mass is 10.1. The molecule has 0 atom stereocenters. The number of hydrazine groups is 1. The predicted octanol–water partition coefficient (Wildman–Crippen LogP) is 3.13. The summed E-state index contributed by atoms with van der Waals surface area (Å²) in [6, 6.07) is 14.4. The summed E-state index contributed by atoms with van der Waals surface area (Å²) in [6.45, 7) is 0.350. The van der Waals surface area contributed by atoms with E-state index in [-0.39, 0.29) is 16.9 Å². The molecule has 5 nitrogen and oxygen atoms in total. The summed E-state index contributed by atoms with van der Waals surface area (Å²) >= 11 is 0. The lowest BCUT2D eigenvalue weighted by molar-refractivity contribution is 0.0961. The molecule has 0 bridgehead atoms. The SMILES string of the molecule is O=C(NNc1cccc(F)c1)c1ccc(=O)n(CCc2ccc(F)cc2)c1. The Labute approximate surface area is 154 Å². The van der Waals surface area contributed by atoms with Gasteiger partial charge in [0.25, 0.3) is 11.5 Å². The summed E-state index contributed by atoms with van der Waals surface area (Å²) < 4.78 is 27.5. The first-order valence-corrected chi connectivity index (χ1v) is 8.28. The van der Waals surface area contributed by atoms with Crippen LogP contribution in [0.4, 0.5) is 14.5 Å². The lowest BCUT2D eigenvalue weighted by Gasteiger charge is -2.11. The average molecular weight is 369 g/mol. The number of hydrogen-bond acceptors (Lipinski definition) is 3. The second-order valence-corrected chi connectivity index (χ2v) is 5.92. The molecule has 0 aliphatic carbocycles. The van der Waals surface area contributed by atoms with E-state index in [0.717, 1.165) is 5.56 Å². The average Bonchev–Trinajstić information content (AvgIpc) is 2.67. The highest BCUT2D eigenvalue weighted by Gasteiger charge is 2.08. The summed E-state index contributed by atoms with van der Waals surface area (Å²) in [7, 11) is 0. The molecule has 0 unspecified atom stereocenters. The van der Waals surface area contributed by atoms with Gasteiger partial charge in [0.15, 0.2) is 0 Å². The molecule has 0 radical (unpaired) electrons. The van der Waals surface area contributed by atoms with Gasteiger partial charge in [0.1, 0.15) is 11.6 Å². The summed E-state index contributed by atoms with van der Waals surface area (Å²) in [5.41, 5.74) is 6.38. The molecule has 7 heteroatoms. The van der Waals surface area contributed by atoms with E-state index in [0.29, 0.717) is 18.7 Å². The number of aromatic nitrogens is 1. The number of rotatable bonds is 6. The number of pyridine rings is 1. The molecule has 2 N–H and O–H groups in total. The van der Waals surface area contributed by atoms with E-state index in [1.165, 1.54) is 53.2 Å². The van der Waals surface area contributed by atoms with Crippen molar-refractivity contribution in [3.05, 3.63) is 100.0 Å². The summed E-state index contributed by atoms with van der Waals surface area (Å²) in [5, 5.41) is 0. The molecule has 138 valence electrons. The van der Waals surface area contributed by atoms with E-state index in [1.54, 1.807) is 18.2 Å². The van der Waals surface area contributed by atoms with E-state index < -0.39 is 11.7 Å². The number of amides is 1. The molecule has 0 spiro atoms. The molecule has 2 aromatic carbocycles. The molecular formula is C20H17F2N3O2. The van der Waals surface area contributed by atoms with Gasteiger partial charge >= 0.3 is 0 Å². The zero-order valence-corrected chi connectivity index (χ0v) is 14.3. The van der Waals surface area contributed by atoms with Gasteiger partial charge in [0.05, 0.1) is 11.3 Å². The molecule has 0 aliphatic heterocycles. The van der Waals surface area contributed by atoms with E-state index in [4.69, 9.17) is 0 Å². The van der Waals surface area contributed by atoms with Crippen LogP contribution in [0.1, 0.15) is 15.9 Å². The number of nitrogens with one attached hydrogen (secondary N) is 2. The van der Waals surface area contributed by atoms with Crippen LogP contribution in [0.2, 0.25) is 0 Å². The molecule has 0 aliphatic rings. The van der Waals surface area contributed by atoms with Crippen molar-refractivity contribution in [2.24, 2.45) is 0 Å². The first-order chi connectivity index (χ1) is 13.0. The molecule has 0 saturated heterocycles. The maximum absolute atomic E-state index is 13.1. The molecule has 27 heavy (non-hydrogen) atoms. The Hall–Kier alpha value is -3.48. The molecule has 0 saturated carbocycles. The van der Waals surface area contributed by atoms with E-state index >= 15 is 0 Å². The van der Waals surface area contributed by atoms with Crippen molar-refractivity contribution in [1.82, 2.24) is 9.99 Å². The molecule has 0 fully saturated rings. The third kappa shape index (κ3) is 5.01. The Morgan fingerprint density at radius 2 is 1.74 bits per heavy atom. The summed E-state index contributed by atoms with van der Waals surface area (Å²) in [6.07, 6.45) is 1.97. The fraction of sp³-hybridized carbons (Fsp3) is 0.100. The standard InChI is InChI=1S/C20H17F2N3O2/c21-16-7-4-14(5-8-16)10-11-25-13-15(6-9-19(25)26)20(27)24-23-18-3-1-2-17(22)12-18/h1-9,12-13,23H,10-11H2,(H,24,27). The minimum atomic E-state index is -0.463. The van der Waals surface area contributed by atoms with Crippen LogP contribution in [0.5, 0.6) is 0 Å². The van der Waals surface area contributed by atoms with Gasteiger partial charge in [-0.15, -0.1) is 0 Å². The molecular weight excluding hydrogens is 352 g/mol. The normalized spacial score (nSPS) is 10.4. The Morgan fingerprint density at radius 3 is 2.48 bits per heavy atom. The number of aryl methyl sites for hydroxylation is 2. The van der Waals surface area contributed by atoms with Crippen LogP contribution < -0.4 is 16.4 Å². The van der Waals surface area contributed by atoms with E-state index in [2.05, 4.69) is 10.9 Å².